The predicted molar refractivity (Wildman–Crippen MR) is 424 cm³/mol. The average Bonchev–Trinajstić information content (AvgIpc) is 0.754. The first-order chi connectivity index (χ1) is 57.7. The summed E-state index contributed by atoms with van der Waals surface area (Å²) in [5.41, 5.74) is -0.233. The van der Waals surface area contributed by atoms with E-state index in [1.54, 1.807) is 152 Å². The van der Waals surface area contributed by atoms with Crippen LogP contribution >= 0.6 is 0 Å². The van der Waals surface area contributed by atoms with Crippen LogP contribution in [0.1, 0.15) is 164 Å². The summed E-state index contributed by atoms with van der Waals surface area (Å²) in [5, 5.41) is 11.6. The maximum Gasteiger partial charge on any atom is 0.338 e. The molecule has 0 radical (unpaired) electrons. The van der Waals surface area contributed by atoms with Gasteiger partial charge in [0.15, 0.2) is 61.6 Å². The van der Waals surface area contributed by atoms with E-state index in [0.717, 1.165) is 44.9 Å². The summed E-state index contributed by atoms with van der Waals surface area (Å²) in [6.07, 6.45) is -20.2. The molecule has 15 atom stereocenters. The second-order valence-corrected chi connectivity index (χ2v) is 28.1. The Morgan fingerprint density at radius 1 is 0.254 bits per heavy atom. The molecule has 3 fully saturated rings. The van der Waals surface area contributed by atoms with Gasteiger partial charge < -0.3 is 76.2 Å². The summed E-state index contributed by atoms with van der Waals surface area (Å²) < 4.78 is 99.7. The van der Waals surface area contributed by atoms with Gasteiger partial charge in [-0.15, -0.1) is 0 Å². The third-order valence-electron chi connectivity index (χ3n) is 19.9. The van der Waals surface area contributed by atoms with Crippen molar-refractivity contribution in [3.05, 3.63) is 323 Å². The molecule has 0 amide bonds. The van der Waals surface area contributed by atoms with Gasteiger partial charge in [0.2, 0.25) is 0 Å². The first-order valence-corrected chi connectivity index (χ1v) is 39.5. The Kier molecular flexibility index (Phi) is 31.6. The summed E-state index contributed by atoms with van der Waals surface area (Å²) >= 11 is 0. The molecule has 118 heavy (non-hydrogen) atoms. The summed E-state index contributed by atoms with van der Waals surface area (Å²) in [6, 6.07) is 69.0. The molecule has 3 aliphatic rings. The second-order valence-electron chi connectivity index (χ2n) is 28.1. The molecule has 0 unspecified atom stereocenters. The minimum Gasteiger partial charge on any atom is -0.459 e. The highest BCUT2D eigenvalue weighted by atomic mass is 16.8. The molecular weight excluding hydrogens is 1520 g/mol. The van der Waals surface area contributed by atoms with Gasteiger partial charge in [0.1, 0.15) is 43.7 Å². The lowest BCUT2D eigenvalue weighted by Crippen LogP contribution is -2.69. The molecule has 614 valence electrons. The lowest BCUT2D eigenvalue weighted by molar-refractivity contribution is -0.376. The number of ether oxygens (including phenoxy) is 15. The van der Waals surface area contributed by atoms with E-state index in [1.165, 1.54) is 134 Å². The largest absolute Gasteiger partial charge is 0.459 e. The molecule has 1 N–H and O–H groups in total. The molecule has 3 saturated heterocycles. The van der Waals surface area contributed by atoms with E-state index in [1.807, 2.05) is 0 Å². The van der Waals surface area contributed by atoms with Gasteiger partial charge in [-0.1, -0.05) is 229 Å². The van der Waals surface area contributed by atoms with Gasteiger partial charge in [0, 0.05) is 6.61 Å². The Labute approximate surface area is 682 Å². The van der Waals surface area contributed by atoms with Crippen LogP contribution in [0.15, 0.2) is 273 Å². The van der Waals surface area contributed by atoms with Crippen LogP contribution in [0, 0.1) is 0 Å². The average molecular weight is 1610 g/mol. The van der Waals surface area contributed by atoms with Gasteiger partial charge >= 0.3 is 53.7 Å². The normalized spacial score (nSPS) is 22.7. The zero-order chi connectivity index (χ0) is 82.4. The Hall–Kier alpha value is -12.1. The molecule has 0 saturated carbocycles. The zero-order valence-electron chi connectivity index (χ0n) is 64.8. The third kappa shape index (κ3) is 23.4. The van der Waals surface area contributed by atoms with Crippen LogP contribution in [0.4, 0.5) is 0 Å². The van der Waals surface area contributed by atoms with E-state index < -0.39 is 166 Å². The Morgan fingerprint density at radius 3 is 0.788 bits per heavy atom. The number of rotatable bonds is 37. The Morgan fingerprint density at radius 2 is 0.483 bits per heavy atom. The highest BCUT2D eigenvalue weighted by Crippen LogP contribution is 2.40. The van der Waals surface area contributed by atoms with Gasteiger partial charge in [0.25, 0.3) is 0 Å². The van der Waals surface area contributed by atoms with Crippen molar-refractivity contribution in [2.75, 3.05) is 26.4 Å². The molecular formula is C93H92O25. The number of benzene rings is 9. The van der Waals surface area contributed by atoms with E-state index in [2.05, 4.69) is 6.92 Å². The van der Waals surface area contributed by atoms with Crippen molar-refractivity contribution < 1.29 is 119 Å². The minimum atomic E-state index is -2.27. The van der Waals surface area contributed by atoms with Gasteiger partial charge in [-0.3, -0.25) is 0 Å². The number of unbranched alkanes of at least 4 members (excludes halogenated alkanes) is 9. The number of carbonyl (C=O) groups excluding carboxylic acids is 9. The van der Waals surface area contributed by atoms with E-state index in [-0.39, 0.29) is 56.7 Å². The zero-order valence-corrected chi connectivity index (χ0v) is 64.8. The van der Waals surface area contributed by atoms with Crippen LogP contribution < -0.4 is 0 Å². The first kappa shape index (κ1) is 85.3. The van der Waals surface area contributed by atoms with Gasteiger partial charge in [-0.2, -0.15) is 0 Å². The maximum atomic E-state index is 15.5. The number of esters is 9. The lowest BCUT2D eigenvalue weighted by Gasteiger charge is -2.50. The summed E-state index contributed by atoms with van der Waals surface area (Å²) in [7, 11) is 0. The molecule has 9 aromatic rings. The molecule has 25 nitrogen and oxygen atoms in total. The van der Waals surface area contributed by atoms with Crippen molar-refractivity contribution in [1.82, 2.24) is 0 Å². The topological polar surface area (TPSA) is 312 Å². The van der Waals surface area contributed by atoms with Crippen LogP contribution in [0.2, 0.25) is 0 Å². The second kappa shape index (κ2) is 43.8. The number of aliphatic hydroxyl groups excluding tert-OH is 1. The quantitative estimate of drug-likeness (QED) is 0.0215. The van der Waals surface area contributed by atoms with E-state index in [0.29, 0.717) is 6.42 Å². The SMILES string of the molecule is CCCCCCCCCCCCO[C@@H]1O[C@H](CO)[C@@H](OC(=O)c2ccccc2)[C@H](O[C@@H]2O[C@H](COC(=O)c3ccccc3)[C@@H](O[C@@H]3O[C@H](COC(=O)c4ccccc4)[C@H](OC(=O)c4ccccc4)[C@H](OC(=O)c4ccccc4)[C@H]3OC(=O)c3ccccc3)[C@H](OC(=O)c3ccccc3)[C@H]2OC(=O)c2ccccc2)[C@H]1OC(=O)c1ccccc1. The summed E-state index contributed by atoms with van der Waals surface area (Å²) in [6.45, 7) is -0.549. The molecule has 0 aliphatic carbocycles. The molecule has 12 rings (SSSR count). The minimum absolute atomic E-state index is 0.00769. The van der Waals surface area contributed by atoms with Gasteiger partial charge in [-0.25, -0.2) is 43.2 Å². The highest BCUT2D eigenvalue weighted by Gasteiger charge is 2.61. The van der Waals surface area contributed by atoms with Crippen molar-refractivity contribution in [2.45, 2.75) is 163 Å². The van der Waals surface area contributed by atoms with Crippen LogP contribution in [-0.4, -0.2) is 177 Å². The Balaban J connectivity index is 1.03. The smallest absolute Gasteiger partial charge is 0.338 e. The predicted octanol–water partition coefficient (Wildman–Crippen LogP) is 14.2. The van der Waals surface area contributed by atoms with E-state index >= 15 is 19.2 Å². The fourth-order valence-corrected chi connectivity index (χ4v) is 13.7. The number of carbonyl (C=O) groups is 9. The summed E-state index contributed by atoms with van der Waals surface area (Å²) in [4.78, 5) is 134. The molecule has 0 bridgehead atoms. The molecule has 9 aromatic carbocycles. The molecule has 0 aromatic heterocycles. The molecule has 0 spiro atoms. The molecule has 25 heteroatoms. The molecule has 3 aliphatic heterocycles. The number of hydrogen-bond donors (Lipinski definition) is 1. The van der Waals surface area contributed by atoms with Crippen molar-refractivity contribution in [3.8, 4) is 0 Å². The van der Waals surface area contributed by atoms with Crippen LogP contribution in [-0.2, 0) is 71.1 Å². The number of aliphatic hydroxyl groups is 1. The van der Waals surface area contributed by atoms with Crippen molar-refractivity contribution in [3.63, 3.8) is 0 Å². The third-order valence-corrected chi connectivity index (χ3v) is 19.9. The first-order valence-electron chi connectivity index (χ1n) is 39.5. The van der Waals surface area contributed by atoms with Gasteiger partial charge in [-0.05, 0) is 116 Å². The monoisotopic (exact) mass is 1610 g/mol. The molecule has 3 heterocycles. The Bertz CT molecular complexity index is 4670. The van der Waals surface area contributed by atoms with Crippen LogP contribution in [0.5, 0.6) is 0 Å². The fourth-order valence-electron chi connectivity index (χ4n) is 13.7. The standard InChI is InChI=1S/C93H92O25/c1-2-3-4-5-6-7-8-9-10-38-57-104-91-79(114-88(101)67-51-32-17-33-52-67)78(73(70(58-94)107-91)110-84(97)63-43-24-13-25-44-63)118-93-81(116-90(103)69-55-36-19-37-56-69)77(113-87(100)66-49-30-16-31-50-66)75(72(109-93)60-106-83(96)62-41-22-12-23-42-62)117-92-80(115-89(102)68-53-34-18-35-54-68)76(112-86(99)65-47-28-15-29-48-65)74(111-85(98)64-45-26-14-27-46-64)71(108-92)59-105-82(95)61-39-20-11-21-40-61/h11-37,39-56,70-81,91-94H,2-10,38,57-60H2,1H3/t70-,71-,72-,73-,74+,75-,76+,77+,78+,79-,80-,81-,91-,92+,93+/m1/s1. The van der Waals surface area contributed by atoms with Gasteiger partial charge in [0.05, 0.1) is 56.7 Å². The maximum absolute atomic E-state index is 15.5. The number of hydrogen-bond acceptors (Lipinski definition) is 25. The lowest BCUT2D eigenvalue weighted by atomic mass is 9.94. The van der Waals surface area contributed by atoms with Crippen molar-refractivity contribution in [1.29, 1.82) is 0 Å². The van der Waals surface area contributed by atoms with Crippen molar-refractivity contribution in [2.24, 2.45) is 0 Å². The van der Waals surface area contributed by atoms with Crippen molar-refractivity contribution >= 4 is 53.7 Å². The van der Waals surface area contributed by atoms with Crippen LogP contribution in [0.3, 0.4) is 0 Å². The van der Waals surface area contributed by atoms with E-state index in [4.69, 9.17) is 71.1 Å². The fraction of sp³-hybridized carbons (Fsp3) is 0.323. The highest BCUT2D eigenvalue weighted by molar-refractivity contribution is 5.94. The van der Waals surface area contributed by atoms with Crippen LogP contribution in [0.25, 0.3) is 0 Å². The summed E-state index contributed by atoms with van der Waals surface area (Å²) in [5.74, 6) is -9.32. The van der Waals surface area contributed by atoms with E-state index in [9.17, 15) is 29.1 Å².